The van der Waals surface area contributed by atoms with Gasteiger partial charge in [0.25, 0.3) is 5.69 Å². The van der Waals surface area contributed by atoms with Crippen LogP contribution < -0.4 is 4.90 Å². The number of benzene rings is 1. The Balaban J connectivity index is 3.12. The second-order valence-corrected chi connectivity index (χ2v) is 3.70. The van der Waals surface area contributed by atoms with E-state index in [0.29, 0.717) is 12.2 Å². The van der Waals surface area contributed by atoms with Gasteiger partial charge in [-0.05, 0) is 19.1 Å². The van der Waals surface area contributed by atoms with Crippen LogP contribution in [-0.4, -0.2) is 18.5 Å². The molecule has 0 unspecified atom stereocenters. The molecule has 0 spiro atoms. The Morgan fingerprint density at radius 1 is 1.62 bits per heavy atom. The van der Waals surface area contributed by atoms with Crippen molar-refractivity contribution in [2.45, 2.75) is 6.92 Å². The second kappa shape index (κ2) is 4.74. The van der Waals surface area contributed by atoms with Crippen molar-refractivity contribution < 1.29 is 9.31 Å². The quantitative estimate of drug-likeness (QED) is 0.449. The van der Waals surface area contributed by atoms with Crippen molar-refractivity contribution >= 4 is 11.4 Å². The van der Waals surface area contributed by atoms with Crippen molar-refractivity contribution in [2.75, 3.05) is 18.5 Å². The average molecular weight is 224 g/mol. The van der Waals surface area contributed by atoms with E-state index in [1.54, 1.807) is 11.9 Å². The van der Waals surface area contributed by atoms with Crippen LogP contribution in [0.1, 0.15) is 6.92 Å². The molecule has 0 saturated heterocycles. The van der Waals surface area contributed by atoms with Gasteiger partial charge in [-0.2, -0.15) is 0 Å². The third-order valence-electron chi connectivity index (χ3n) is 2.05. The molecule has 0 N–H and O–H groups in total. The number of hydrogen-bond donors (Lipinski definition) is 0. The monoisotopic (exact) mass is 224 g/mol. The van der Waals surface area contributed by atoms with Gasteiger partial charge in [0.1, 0.15) is 11.5 Å². The highest BCUT2D eigenvalue weighted by molar-refractivity contribution is 5.63. The Morgan fingerprint density at radius 2 is 2.25 bits per heavy atom. The van der Waals surface area contributed by atoms with Gasteiger partial charge in [-0.15, -0.1) is 0 Å². The van der Waals surface area contributed by atoms with E-state index in [1.807, 2.05) is 6.92 Å². The lowest BCUT2D eigenvalue weighted by Gasteiger charge is -2.18. The molecule has 0 saturated carbocycles. The molecule has 0 atom stereocenters. The summed E-state index contributed by atoms with van der Waals surface area (Å²) in [6, 6.07) is 3.53. The standard InChI is InChI=1S/C11H13FN2O2/c1-8(2)7-13(3)10-5-4-9(12)6-11(10)14(15)16/h4-6H,1,7H2,2-3H3. The molecule has 0 fully saturated rings. The molecular formula is C11H13FN2O2. The van der Waals surface area contributed by atoms with Gasteiger partial charge in [-0.1, -0.05) is 12.2 Å². The molecule has 0 aliphatic carbocycles. The Hall–Kier alpha value is -1.91. The molecule has 0 bridgehead atoms. The summed E-state index contributed by atoms with van der Waals surface area (Å²) in [4.78, 5) is 11.8. The highest BCUT2D eigenvalue weighted by atomic mass is 19.1. The van der Waals surface area contributed by atoms with Crippen molar-refractivity contribution in [1.82, 2.24) is 0 Å². The summed E-state index contributed by atoms with van der Waals surface area (Å²) < 4.78 is 12.9. The van der Waals surface area contributed by atoms with Gasteiger partial charge in [0.15, 0.2) is 0 Å². The fourth-order valence-electron chi connectivity index (χ4n) is 1.46. The van der Waals surface area contributed by atoms with Crippen molar-refractivity contribution in [1.29, 1.82) is 0 Å². The predicted octanol–water partition coefficient (Wildman–Crippen LogP) is 2.75. The maximum absolute atomic E-state index is 12.9. The highest BCUT2D eigenvalue weighted by Crippen LogP contribution is 2.28. The molecule has 5 heteroatoms. The zero-order valence-electron chi connectivity index (χ0n) is 9.24. The minimum Gasteiger partial charge on any atom is -0.365 e. The van der Waals surface area contributed by atoms with Crippen LogP contribution in [0.5, 0.6) is 0 Å². The molecule has 0 aromatic heterocycles. The summed E-state index contributed by atoms with van der Waals surface area (Å²) in [6.45, 7) is 6.04. The lowest BCUT2D eigenvalue weighted by atomic mass is 10.2. The van der Waals surface area contributed by atoms with E-state index in [2.05, 4.69) is 6.58 Å². The summed E-state index contributed by atoms with van der Waals surface area (Å²) in [6.07, 6.45) is 0. The average Bonchev–Trinajstić information content (AvgIpc) is 2.16. The predicted molar refractivity (Wildman–Crippen MR) is 61.1 cm³/mol. The first-order valence-corrected chi connectivity index (χ1v) is 4.71. The summed E-state index contributed by atoms with van der Waals surface area (Å²) in [5.41, 5.74) is 1.03. The van der Waals surface area contributed by atoms with Gasteiger partial charge >= 0.3 is 0 Å². The van der Waals surface area contributed by atoms with E-state index in [1.165, 1.54) is 12.1 Å². The number of likely N-dealkylation sites (N-methyl/N-ethyl adjacent to an activating group) is 1. The molecule has 0 amide bonds. The van der Waals surface area contributed by atoms with Gasteiger partial charge in [-0.25, -0.2) is 4.39 Å². The van der Waals surface area contributed by atoms with Crippen LogP contribution in [0.15, 0.2) is 30.4 Å². The van der Waals surface area contributed by atoms with E-state index in [4.69, 9.17) is 0 Å². The molecule has 0 radical (unpaired) electrons. The third-order valence-corrected chi connectivity index (χ3v) is 2.05. The smallest absolute Gasteiger partial charge is 0.295 e. The number of nitrogens with zero attached hydrogens (tertiary/aromatic N) is 2. The molecule has 0 aliphatic heterocycles. The van der Waals surface area contributed by atoms with Crippen LogP contribution in [0, 0.1) is 15.9 Å². The minimum absolute atomic E-state index is 0.233. The SMILES string of the molecule is C=C(C)CN(C)c1ccc(F)cc1[N+](=O)[O-]. The fraction of sp³-hybridized carbons (Fsp3) is 0.273. The number of rotatable bonds is 4. The molecule has 86 valence electrons. The van der Waals surface area contributed by atoms with Crippen molar-refractivity contribution in [2.24, 2.45) is 0 Å². The lowest BCUT2D eigenvalue weighted by molar-refractivity contribution is -0.384. The first kappa shape index (κ1) is 12.2. The molecule has 1 rings (SSSR count). The maximum Gasteiger partial charge on any atom is 0.295 e. The first-order valence-electron chi connectivity index (χ1n) is 4.71. The Morgan fingerprint density at radius 3 is 2.75 bits per heavy atom. The van der Waals surface area contributed by atoms with Gasteiger partial charge in [-0.3, -0.25) is 10.1 Å². The van der Waals surface area contributed by atoms with Crippen LogP contribution in [0.25, 0.3) is 0 Å². The van der Waals surface area contributed by atoms with E-state index >= 15 is 0 Å². The summed E-state index contributed by atoms with van der Waals surface area (Å²) in [7, 11) is 1.70. The largest absolute Gasteiger partial charge is 0.365 e. The normalized spacial score (nSPS) is 9.94. The van der Waals surface area contributed by atoms with Crippen LogP contribution in [0.3, 0.4) is 0 Å². The second-order valence-electron chi connectivity index (χ2n) is 3.70. The summed E-state index contributed by atoms with van der Waals surface area (Å²) in [5, 5.41) is 10.8. The number of anilines is 1. The Labute approximate surface area is 93.1 Å². The van der Waals surface area contributed by atoms with Crippen LogP contribution >= 0.6 is 0 Å². The maximum atomic E-state index is 12.9. The summed E-state index contributed by atoms with van der Waals surface area (Å²) >= 11 is 0. The van der Waals surface area contributed by atoms with Crippen LogP contribution in [-0.2, 0) is 0 Å². The van der Waals surface area contributed by atoms with Gasteiger partial charge in [0.2, 0.25) is 0 Å². The van der Waals surface area contributed by atoms with Gasteiger partial charge < -0.3 is 4.90 Å². The van der Waals surface area contributed by atoms with Gasteiger partial charge in [0.05, 0.1) is 11.0 Å². The number of halogens is 1. The topological polar surface area (TPSA) is 46.4 Å². The van der Waals surface area contributed by atoms with Gasteiger partial charge in [0, 0.05) is 13.6 Å². The van der Waals surface area contributed by atoms with E-state index in [9.17, 15) is 14.5 Å². The zero-order valence-corrected chi connectivity index (χ0v) is 9.24. The molecule has 0 heterocycles. The molecule has 1 aromatic rings. The van der Waals surface area contributed by atoms with Crippen molar-refractivity contribution in [3.63, 3.8) is 0 Å². The van der Waals surface area contributed by atoms with E-state index in [-0.39, 0.29) is 5.69 Å². The van der Waals surface area contributed by atoms with Crippen LogP contribution in [0.4, 0.5) is 15.8 Å². The zero-order chi connectivity index (χ0) is 12.3. The Bertz CT molecular complexity index is 432. The minimum atomic E-state index is -0.612. The first-order chi connectivity index (χ1) is 7.41. The van der Waals surface area contributed by atoms with Crippen molar-refractivity contribution in [3.05, 3.63) is 46.3 Å². The Kier molecular flexibility index (Phi) is 3.60. The van der Waals surface area contributed by atoms with E-state index < -0.39 is 10.7 Å². The molecule has 0 aliphatic rings. The number of nitro benzene ring substituents is 1. The summed E-state index contributed by atoms with van der Waals surface area (Å²) in [5.74, 6) is -0.612. The third kappa shape index (κ3) is 2.79. The number of nitro groups is 1. The molecule has 4 nitrogen and oxygen atoms in total. The lowest BCUT2D eigenvalue weighted by Crippen LogP contribution is -2.20. The van der Waals surface area contributed by atoms with E-state index in [0.717, 1.165) is 11.6 Å². The van der Waals surface area contributed by atoms with Crippen LogP contribution in [0.2, 0.25) is 0 Å². The highest BCUT2D eigenvalue weighted by Gasteiger charge is 2.17. The molecule has 1 aromatic carbocycles. The molecule has 16 heavy (non-hydrogen) atoms. The van der Waals surface area contributed by atoms with Crippen molar-refractivity contribution in [3.8, 4) is 0 Å². The molecular weight excluding hydrogens is 211 g/mol. The fourth-order valence-corrected chi connectivity index (χ4v) is 1.46. The number of hydrogen-bond acceptors (Lipinski definition) is 3.